The molecule has 1 N–H and O–H groups in total. The van der Waals surface area contributed by atoms with E-state index >= 15 is 0 Å². The number of carbonyl (C=O) groups excluding carboxylic acids is 1. The molecule has 0 spiro atoms. The number of carbonyl (C=O) groups is 1. The third-order valence-corrected chi connectivity index (χ3v) is 3.81. The van der Waals surface area contributed by atoms with Crippen molar-refractivity contribution >= 4 is 35.0 Å². The number of hydrogen-bond donors (Lipinski definition) is 1. The number of amides is 1. The Morgan fingerprint density at radius 2 is 1.65 bits per heavy atom. The minimum absolute atomic E-state index is 0.157. The molecule has 3 nitrogen and oxygen atoms in total. The van der Waals surface area contributed by atoms with Gasteiger partial charge in [0, 0.05) is 35.6 Å². The first-order valence-electron chi connectivity index (χ1n) is 7.72. The summed E-state index contributed by atoms with van der Waals surface area (Å²) in [6, 6.07) is 15.2. The average molecular weight is 329 g/mol. The standard InChI is InChI=1S/C19H21ClN2O/c1-3-22(4-2)18-12-10-17(11-13-18)21-19(23)14-7-15-5-8-16(20)9-6-15/h5-14H,3-4H2,1-2H3,(H,21,23)/b14-7-. The minimum atomic E-state index is -0.157. The second-order valence-corrected chi connectivity index (χ2v) is 5.53. The first kappa shape index (κ1) is 17.1. The molecule has 0 atom stereocenters. The normalized spacial score (nSPS) is 10.7. The molecular weight excluding hydrogens is 308 g/mol. The average Bonchev–Trinajstić information content (AvgIpc) is 2.57. The van der Waals surface area contributed by atoms with Gasteiger partial charge in [-0.15, -0.1) is 0 Å². The lowest BCUT2D eigenvalue weighted by Gasteiger charge is -2.21. The molecule has 0 radical (unpaired) electrons. The molecule has 2 rings (SSSR count). The largest absolute Gasteiger partial charge is 0.372 e. The van der Waals surface area contributed by atoms with Crippen molar-refractivity contribution in [3.8, 4) is 0 Å². The zero-order valence-corrected chi connectivity index (χ0v) is 14.2. The van der Waals surface area contributed by atoms with Gasteiger partial charge in [-0.3, -0.25) is 4.79 Å². The topological polar surface area (TPSA) is 32.3 Å². The Labute approximate surface area is 142 Å². The van der Waals surface area contributed by atoms with Crippen molar-refractivity contribution < 1.29 is 4.79 Å². The summed E-state index contributed by atoms with van der Waals surface area (Å²) in [4.78, 5) is 14.2. The molecule has 0 aromatic heterocycles. The molecule has 2 aromatic carbocycles. The Hall–Kier alpha value is -2.26. The molecule has 0 aliphatic carbocycles. The SMILES string of the molecule is CCN(CC)c1ccc(NC(=O)/C=C\c2ccc(Cl)cc2)cc1. The van der Waals surface area contributed by atoms with E-state index in [1.54, 1.807) is 18.2 Å². The van der Waals surface area contributed by atoms with Gasteiger partial charge in [-0.05, 0) is 61.9 Å². The molecule has 0 aliphatic heterocycles. The molecule has 120 valence electrons. The summed E-state index contributed by atoms with van der Waals surface area (Å²) in [6.45, 7) is 6.18. The first-order valence-corrected chi connectivity index (χ1v) is 8.09. The Morgan fingerprint density at radius 1 is 1.04 bits per heavy atom. The Bertz CT molecular complexity index is 659. The van der Waals surface area contributed by atoms with Crippen LogP contribution in [-0.2, 0) is 4.79 Å². The highest BCUT2D eigenvalue weighted by Crippen LogP contribution is 2.18. The number of anilines is 2. The van der Waals surface area contributed by atoms with Crippen LogP contribution in [0.2, 0.25) is 5.02 Å². The van der Waals surface area contributed by atoms with E-state index in [9.17, 15) is 4.79 Å². The fraction of sp³-hybridized carbons (Fsp3) is 0.211. The lowest BCUT2D eigenvalue weighted by atomic mass is 10.2. The fourth-order valence-corrected chi connectivity index (χ4v) is 2.40. The number of halogens is 1. The van der Waals surface area contributed by atoms with Crippen LogP contribution >= 0.6 is 11.6 Å². The van der Waals surface area contributed by atoms with Gasteiger partial charge < -0.3 is 10.2 Å². The maximum Gasteiger partial charge on any atom is 0.248 e. The molecule has 0 bridgehead atoms. The van der Waals surface area contributed by atoms with Crippen molar-refractivity contribution in [3.05, 3.63) is 65.2 Å². The quantitative estimate of drug-likeness (QED) is 0.770. The fourth-order valence-electron chi connectivity index (χ4n) is 2.27. The van der Waals surface area contributed by atoms with Crippen molar-refractivity contribution in [1.29, 1.82) is 0 Å². The maximum absolute atomic E-state index is 11.9. The third kappa shape index (κ3) is 5.15. The van der Waals surface area contributed by atoms with Crippen LogP contribution in [0, 0.1) is 0 Å². The van der Waals surface area contributed by atoms with Crippen LogP contribution in [-0.4, -0.2) is 19.0 Å². The summed E-state index contributed by atoms with van der Waals surface area (Å²) in [5, 5.41) is 3.54. The smallest absolute Gasteiger partial charge is 0.248 e. The van der Waals surface area contributed by atoms with E-state index < -0.39 is 0 Å². The van der Waals surface area contributed by atoms with Gasteiger partial charge in [0.1, 0.15) is 0 Å². The number of benzene rings is 2. The Balaban J connectivity index is 1.96. The van der Waals surface area contributed by atoms with Crippen LogP contribution in [0.15, 0.2) is 54.6 Å². The summed E-state index contributed by atoms with van der Waals surface area (Å²) in [7, 11) is 0. The van der Waals surface area contributed by atoms with Crippen LogP contribution in [0.3, 0.4) is 0 Å². The lowest BCUT2D eigenvalue weighted by molar-refractivity contribution is -0.111. The maximum atomic E-state index is 11.9. The van der Waals surface area contributed by atoms with Gasteiger partial charge in [0.2, 0.25) is 5.91 Å². The molecule has 4 heteroatoms. The highest BCUT2D eigenvalue weighted by molar-refractivity contribution is 6.30. The Morgan fingerprint density at radius 3 is 2.22 bits per heavy atom. The lowest BCUT2D eigenvalue weighted by Crippen LogP contribution is -2.21. The number of rotatable bonds is 6. The van der Waals surface area contributed by atoms with Gasteiger partial charge in [-0.1, -0.05) is 23.7 Å². The van der Waals surface area contributed by atoms with Crippen molar-refractivity contribution in [2.45, 2.75) is 13.8 Å². The molecule has 1 amide bonds. The van der Waals surface area contributed by atoms with Crippen molar-refractivity contribution in [1.82, 2.24) is 0 Å². The van der Waals surface area contributed by atoms with E-state index in [-0.39, 0.29) is 5.91 Å². The van der Waals surface area contributed by atoms with Gasteiger partial charge in [-0.2, -0.15) is 0 Å². The number of nitrogens with one attached hydrogen (secondary N) is 1. The van der Waals surface area contributed by atoms with E-state index in [2.05, 4.69) is 24.1 Å². The van der Waals surface area contributed by atoms with Crippen molar-refractivity contribution in [2.24, 2.45) is 0 Å². The summed E-state index contributed by atoms with van der Waals surface area (Å²) in [6.07, 6.45) is 3.28. The predicted octanol–water partition coefficient (Wildman–Crippen LogP) is 4.84. The summed E-state index contributed by atoms with van der Waals surface area (Å²) in [5.41, 5.74) is 2.87. The summed E-state index contributed by atoms with van der Waals surface area (Å²) in [5.74, 6) is -0.157. The minimum Gasteiger partial charge on any atom is -0.372 e. The molecule has 0 fully saturated rings. The molecule has 0 heterocycles. The van der Waals surface area contributed by atoms with E-state index in [1.165, 1.54) is 6.08 Å². The van der Waals surface area contributed by atoms with E-state index in [1.807, 2.05) is 36.4 Å². The molecule has 0 unspecified atom stereocenters. The number of nitrogens with zero attached hydrogens (tertiary/aromatic N) is 1. The van der Waals surface area contributed by atoms with Gasteiger partial charge in [-0.25, -0.2) is 0 Å². The van der Waals surface area contributed by atoms with Crippen molar-refractivity contribution in [2.75, 3.05) is 23.3 Å². The van der Waals surface area contributed by atoms with Gasteiger partial charge in [0.15, 0.2) is 0 Å². The van der Waals surface area contributed by atoms with Gasteiger partial charge >= 0.3 is 0 Å². The second kappa shape index (κ2) is 8.39. The number of hydrogen-bond acceptors (Lipinski definition) is 2. The van der Waals surface area contributed by atoms with Crippen molar-refractivity contribution in [3.63, 3.8) is 0 Å². The molecule has 23 heavy (non-hydrogen) atoms. The van der Waals surface area contributed by atoms with E-state index in [0.29, 0.717) is 5.02 Å². The predicted molar refractivity (Wildman–Crippen MR) is 99.1 cm³/mol. The summed E-state index contributed by atoms with van der Waals surface area (Å²) >= 11 is 5.83. The van der Waals surface area contributed by atoms with Crippen LogP contribution in [0.1, 0.15) is 19.4 Å². The monoisotopic (exact) mass is 328 g/mol. The highest BCUT2D eigenvalue weighted by Gasteiger charge is 2.02. The highest BCUT2D eigenvalue weighted by atomic mass is 35.5. The van der Waals surface area contributed by atoms with E-state index in [0.717, 1.165) is 30.0 Å². The Kier molecular flexibility index (Phi) is 6.24. The van der Waals surface area contributed by atoms with Crippen LogP contribution < -0.4 is 10.2 Å². The molecule has 0 saturated carbocycles. The zero-order valence-electron chi connectivity index (χ0n) is 13.4. The molecule has 2 aromatic rings. The summed E-state index contributed by atoms with van der Waals surface area (Å²) < 4.78 is 0. The van der Waals surface area contributed by atoms with Crippen LogP contribution in [0.4, 0.5) is 11.4 Å². The third-order valence-electron chi connectivity index (χ3n) is 3.56. The van der Waals surface area contributed by atoms with Crippen LogP contribution in [0.5, 0.6) is 0 Å². The molecular formula is C19H21ClN2O. The van der Waals surface area contributed by atoms with Crippen LogP contribution in [0.25, 0.3) is 6.08 Å². The molecule has 0 saturated heterocycles. The zero-order chi connectivity index (χ0) is 16.7. The van der Waals surface area contributed by atoms with Gasteiger partial charge in [0.05, 0.1) is 0 Å². The second-order valence-electron chi connectivity index (χ2n) is 5.09. The van der Waals surface area contributed by atoms with E-state index in [4.69, 9.17) is 11.6 Å². The molecule has 0 aliphatic rings. The van der Waals surface area contributed by atoms with Gasteiger partial charge in [0.25, 0.3) is 0 Å². The first-order chi connectivity index (χ1) is 11.1.